The molecule has 0 N–H and O–H groups in total. The number of halogens is 4. The molecule has 2 saturated carbocycles. The van der Waals surface area contributed by atoms with Gasteiger partial charge in [0.15, 0.2) is 0 Å². The maximum atomic E-state index is 12.5. The first-order valence-electron chi connectivity index (χ1n) is 12.1. The van der Waals surface area contributed by atoms with Crippen molar-refractivity contribution in [3.05, 3.63) is 54.1 Å². The van der Waals surface area contributed by atoms with E-state index in [-0.39, 0.29) is 0 Å². The number of rotatable bonds is 6. The van der Waals surface area contributed by atoms with Crippen molar-refractivity contribution in [2.75, 3.05) is 19.0 Å². The van der Waals surface area contributed by atoms with E-state index < -0.39 is 37.7 Å². The zero-order chi connectivity index (χ0) is 25.6. The van der Waals surface area contributed by atoms with Crippen molar-refractivity contribution in [2.24, 2.45) is 0 Å². The van der Waals surface area contributed by atoms with E-state index in [1.807, 2.05) is 0 Å². The number of benzene rings is 2. The molecule has 2 aliphatic carbocycles. The van der Waals surface area contributed by atoms with Crippen molar-refractivity contribution in [2.45, 2.75) is 75.5 Å². The second-order valence-electron chi connectivity index (χ2n) is 9.16. The number of hydrogen-bond donors (Lipinski definition) is 0. The van der Waals surface area contributed by atoms with Gasteiger partial charge in [0.1, 0.15) is 11.1 Å². The Morgan fingerprint density at radius 1 is 0.914 bits per heavy atom. The fraction of sp³-hybridized carbons (Fsp3) is 0.538. The van der Waals surface area contributed by atoms with Gasteiger partial charge in [0.2, 0.25) is 0 Å². The average Bonchev–Trinajstić information content (AvgIpc) is 2.90. The Morgan fingerprint density at radius 2 is 1.40 bits per heavy atom. The molecule has 0 amide bonds. The third kappa shape index (κ3) is 9.47. The van der Waals surface area contributed by atoms with E-state index >= 15 is 0 Å². The molecule has 0 saturated heterocycles. The van der Waals surface area contributed by atoms with Crippen LogP contribution in [0.1, 0.15) is 64.2 Å². The fourth-order valence-electron chi connectivity index (χ4n) is 5.25. The molecule has 2 aliphatic rings. The van der Waals surface area contributed by atoms with Crippen molar-refractivity contribution in [1.82, 2.24) is 0 Å². The summed E-state index contributed by atoms with van der Waals surface area (Å²) in [7, 11) is 8.59. The molecule has 2 nitrogen and oxygen atoms in total. The second-order valence-corrected chi connectivity index (χ2v) is 12.5. The van der Waals surface area contributed by atoms with E-state index in [0.29, 0.717) is 0 Å². The zero-order valence-electron chi connectivity index (χ0n) is 20.3. The molecule has 0 unspecified atom stereocenters. The van der Waals surface area contributed by atoms with E-state index in [4.69, 9.17) is 0 Å². The molecule has 0 aromatic heterocycles. The zero-order valence-corrected chi connectivity index (χ0v) is 25.0. The van der Waals surface area contributed by atoms with Gasteiger partial charge in [-0.1, -0.05) is 25.0 Å². The summed E-state index contributed by atoms with van der Waals surface area (Å²) < 4.78 is 40.3. The average molecular weight is 730 g/mol. The van der Waals surface area contributed by atoms with Gasteiger partial charge in [0.25, 0.3) is 12.4 Å². The number of para-hydroxylation sites is 1. The summed E-state index contributed by atoms with van der Waals surface area (Å²) in [4.78, 5) is 2.35. The molecular weight excluding hydrogens is 695 g/mol. The molecule has 0 heterocycles. The molecule has 0 aliphatic heterocycles. The Morgan fingerprint density at radius 3 is 1.86 bits per heavy atom. The van der Waals surface area contributed by atoms with Crippen LogP contribution in [0.4, 0.5) is 18.4 Å². The van der Waals surface area contributed by atoms with Crippen LogP contribution in [0, 0.1) is 17.7 Å². The van der Waals surface area contributed by atoms with E-state index in [1.165, 1.54) is 69.9 Å². The van der Waals surface area contributed by atoms with Gasteiger partial charge in [-0.2, -0.15) is 6.07 Å². The quantitative estimate of drug-likeness (QED) is 0.128. The van der Waals surface area contributed by atoms with Gasteiger partial charge < -0.3 is 9.08 Å². The van der Waals surface area contributed by atoms with Gasteiger partial charge in [-0.05, 0) is 63.5 Å². The molecular formula is C26H35AuClF3NOPS. The van der Waals surface area contributed by atoms with Crippen molar-refractivity contribution in [1.29, 1.82) is 0 Å². The number of anilines is 1. The van der Waals surface area contributed by atoms with Crippen LogP contribution in [0.2, 0.25) is 0 Å². The van der Waals surface area contributed by atoms with Gasteiger partial charge in [-0.15, -0.1) is 16.0 Å². The first-order chi connectivity index (χ1) is 17.0. The molecule has 2 aromatic rings. The van der Waals surface area contributed by atoms with Gasteiger partial charge in [-0.25, -0.2) is 0 Å². The Kier molecular flexibility index (Phi) is 15.2. The molecule has 0 atom stereocenters. The predicted octanol–water partition coefficient (Wildman–Crippen LogP) is 8.62. The summed E-state index contributed by atoms with van der Waals surface area (Å²) >= 11 is 1.14. The van der Waals surface area contributed by atoms with Gasteiger partial charge in [0, 0.05) is 22.0 Å². The van der Waals surface area contributed by atoms with Crippen LogP contribution in [-0.2, 0) is 20.0 Å². The van der Waals surface area contributed by atoms with Crippen LogP contribution in [-0.4, -0.2) is 25.4 Å². The molecule has 2 aromatic carbocycles. The van der Waals surface area contributed by atoms with Crippen molar-refractivity contribution in [3.63, 3.8) is 0 Å². The van der Waals surface area contributed by atoms with Crippen LogP contribution in [0.5, 0.6) is 5.75 Å². The van der Waals surface area contributed by atoms with Crippen molar-refractivity contribution in [3.8, 4) is 5.75 Å². The van der Waals surface area contributed by atoms with E-state index in [9.17, 15) is 12.7 Å². The molecule has 35 heavy (non-hydrogen) atoms. The normalized spacial score (nSPS) is 16.6. The summed E-state index contributed by atoms with van der Waals surface area (Å²) in [6.07, 6.45) is 14.9. The van der Waals surface area contributed by atoms with Gasteiger partial charge >= 0.3 is 29.2 Å². The molecule has 2 fully saturated rings. The summed E-state index contributed by atoms with van der Waals surface area (Å²) in [5.74, 6) is -2.69. The molecule has 9 heteroatoms. The molecule has 0 spiro atoms. The third-order valence-electron chi connectivity index (χ3n) is 6.76. The van der Waals surface area contributed by atoms with E-state index in [1.54, 1.807) is 25.3 Å². The summed E-state index contributed by atoms with van der Waals surface area (Å²) in [6.45, 7) is 0. The first kappa shape index (κ1) is 30.9. The predicted molar refractivity (Wildman–Crippen MR) is 143 cm³/mol. The summed E-state index contributed by atoms with van der Waals surface area (Å²) in [5.41, 5.74) is 3.57. The topological polar surface area (TPSA) is 12.5 Å². The summed E-state index contributed by atoms with van der Waals surface area (Å²) in [5, 5.41) is 1.75. The maximum absolute atomic E-state index is 12.5. The molecule has 4 rings (SSSR count). The molecule has 200 valence electrons. The first-order valence-corrected chi connectivity index (χ1v) is 17.1. The van der Waals surface area contributed by atoms with Gasteiger partial charge in [0.05, 0.1) is 28.6 Å². The molecule has 0 radical (unpaired) electrons. The summed E-state index contributed by atoms with van der Waals surface area (Å²) in [6, 6.07) is 13.2. The van der Waals surface area contributed by atoms with Crippen molar-refractivity contribution < 1.29 is 36.8 Å². The van der Waals surface area contributed by atoms with Crippen LogP contribution in [0.3, 0.4) is 0 Å². The monoisotopic (exact) mass is 729 g/mol. The Bertz CT molecular complexity index is 832. The van der Waals surface area contributed by atoms with Crippen molar-refractivity contribution >= 4 is 40.5 Å². The standard InChI is InChI=1S/C20H32NP.C6H2F3OS.Au.ClH/c1-21(2)19-15-9-10-16-20(19)22(17-11-5-3-6-12-17)18-13-7-4-8-14-18;7-4-2-1-3-5(8)6(4)10-11-9;;/h9-10,15-18H,3-8,11-14H2,1-2H3;2-3H;;1H/q;-1;+1;. The van der Waals surface area contributed by atoms with Crippen LogP contribution >= 0.6 is 29.5 Å². The van der Waals surface area contributed by atoms with Crippen LogP contribution in [0.25, 0.3) is 0 Å². The van der Waals surface area contributed by atoms with E-state index in [2.05, 4.69) is 62.7 Å². The fourth-order valence-corrected chi connectivity index (χ4v) is 9.97. The number of nitrogens with zero attached hydrogens (tertiary/aromatic N) is 1. The van der Waals surface area contributed by atoms with Gasteiger partial charge in [-0.3, -0.25) is 8.78 Å². The SMILES string of the molecule is CN(C)c1ccccc1[PH+](C1CCCCC1)C1CCCCC1.FSOc1c(F)c[c-]cc1F.[Cl][Au]. The molecule has 0 bridgehead atoms. The Hall–Kier alpha value is -0.360. The van der Waals surface area contributed by atoms with Crippen LogP contribution < -0.4 is 14.4 Å². The third-order valence-corrected chi connectivity index (χ3v) is 10.9. The van der Waals surface area contributed by atoms with E-state index in [0.717, 1.165) is 23.5 Å². The second kappa shape index (κ2) is 17.2. The minimum atomic E-state index is -0.977. The van der Waals surface area contributed by atoms with Crippen LogP contribution in [0.15, 0.2) is 36.4 Å². The Balaban J connectivity index is 0.000000280. The Labute approximate surface area is 230 Å². The minimum absolute atomic E-state index is 0.439. The number of hydrogen-bond acceptors (Lipinski definition) is 3.